The summed E-state index contributed by atoms with van der Waals surface area (Å²) in [4.78, 5) is 47.5. The number of benzene rings is 3. The van der Waals surface area contributed by atoms with Crippen LogP contribution in [0.25, 0.3) is 0 Å². The van der Waals surface area contributed by atoms with Gasteiger partial charge >= 0.3 is 23.9 Å². The molecule has 0 amide bonds. The van der Waals surface area contributed by atoms with Crippen LogP contribution in [0.15, 0.2) is 79.9 Å². The summed E-state index contributed by atoms with van der Waals surface area (Å²) in [6.07, 6.45) is 34.7. The molecule has 0 fully saturated rings. The third kappa shape index (κ3) is 27.0. The molecule has 0 bridgehead atoms. The number of hydrogen-bond acceptors (Lipinski definition) is 10. The van der Waals surface area contributed by atoms with E-state index in [9.17, 15) is 23.6 Å². The van der Waals surface area contributed by atoms with Crippen molar-refractivity contribution in [1.29, 1.82) is 0 Å². The number of hydrogen-bond donors (Lipinski definition) is 0. The van der Waals surface area contributed by atoms with Gasteiger partial charge in [0.05, 0.1) is 37.6 Å². The van der Waals surface area contributed by atoms with Crippen molar-refractivity contribution in [2.24, 2.45) is 0 Å². The molecule has 0 aliphatic heterocycles. The summed E-state index contributed by atoms with van der Waals surface area (Å²) < 4.78 is 76.5. The van der Waals surface area contributed by atoms with Crippen molar-refractivity contribution in [3.05, 3.63) is 108 Å². The van der Waals surface area contributed by atoms with Gasteiger partial charge in [-0.15, -0.1) is 0 Å². The van der Waals surface area contributed by atoms with Gasteiger partial charge in [-0.05, 0) is 74.2 Å². The number of carbonyl (C=O) groups excluding carboxylic acids is 4. The predicted octanol–water partition coefficient (Wildman–Crippen LogP) is 15.7. The van der Waals surface area contributed by atoms with E-state index < -0.39 is 40.9 Å². The van der Waals surface area contributed by atoms with Crippen molar-refractivity contribution >= 4 is 23.9 Å². The Morgan fingerprint density at radius 2 is 0.690 bits per heavy atom. The summed E-state index contributed by atoms with van der Waals surface area (Å²) >= 11 is 0. The fourth-order valence-electron chi connectivity index (χ4n) is 7.90. The van der Waals surface area contributed by atoms with Crippen molar-refractivity contribution in [2.75, 3.05) is 26.4 Å². The summed E-state index contributed by atoms with van der Waals surface area (Å²) in [5.41, 5.74) is -0.0195. The zero-order valence-corrected chi connectivity index (χ0v) is 42.1. The Labute approximate surface area is 421 Å². The minimum absolute atomic E-state index is 0.0115. The number of unbranched alkanes of at least 4 members (excludes halogenated alkanes) is 26. The van der Waals surface area contributed by atoms with Crippen molar-refractivity contribution in [3.63, 3.8) is 0 Å². The molecule has 0 saturated heterocycles. The second kappa shape index (κ2) is 38.1. The highest BCUT2D eigenvalue weighted by Gasteiger charge is 2.26. The van der Waals surface area contributed by atoms with Gasteiger partial charge in [-0.2, -0.15) is 8.78 Å². The average Bonchev–Trinajstić information content (AvgIpc) is 3.38. The van der Waals surface area contributed by atoms with E-state index in [0.29, 0.717) is 44.0 Å². The van der Waals surface area contributed by atoms with E-state index in [-0.39, 0.29) is 23.1 Å². The zero-order chi connectivity index (χ0) is 51.2. The molecular weight excluding hydrogens is 914 g/mol. The Hall–Kier alpha value is -5.59. The summed E-state index contributed by atoms with van der Waals surface area (Å²) in [5, 5.41) is 0. The Balaban J connectivity index is 1.21. The molecule has 10 nitrogen and oxygen atoms in total. The highest BCUT2D eigenvalue weighted by molar-refractivity contribution is 5.92. The van der Waals surface area contributed by atoms with Crippen molar-refractivity contribution in [1.82, 2.24) is 0 Å². The molecular formula is C58H79F3O10. The highest BCUT2D eigenvalue weighted by atomic mass is 19.2. The van der Waals surface area contributed by atoms with Crippen molar-refractivity contribution in [2.45, 2.75) is 180 Å². The quantitative estimate of drug-likeness (QED) is 0.0178. The number of esters is 4. The summed E-state index contributed by atoms with van der Waals surface area (Å²) in [7, 11) is 0. The molecule has 3 aromatic carbocycles. The second-order valence-corrected chi connectivity index (χ2v) is 18.0. The molecule has 0 spiro atoms. The number of ether oxygens (including phenoxy) is 6. The normalized spacial score (nSPS) is 10.9. The molecule has 0 aromatic heterocycles. The van der Waals surface area contributed by atoms with Crippen LogP contribution in [-0.2, 0) is 19.1 Å². The Bertz CT molecular complexity index is 1990. The number of carbonyl (C=O) groups is 4. The maximum absolute atomic E-state index is 15.0. The third-order valence-electron chi connectivity index (χ3n) is 12.1. The molecule has 71 heavy (non-hydrogen) atoms. The van der Waals surface area contributed by atoms with Crippen LogP contribution < -0.4 is 18.9 Å². The fraction of sp³-hybridized carbons (Fsp3) is 0.552. The van der Waals surface area contributed by atoms with Gasteiger partial charge in [-0.3, -0.25) is 0 Å². The molecule has 0 atom stereocenters. The van der Waals surface area contributed by atoms with E-state index in [1.165, 1.54) is 152 Å². The van der Waals surface area contributed by atoms with Crippen molar-refractivity contribution < 1.29 is 60.8 Å². The minimum Gasteiger partial charge on any atom is -0.494 e. The van der Waals surface area contributed by atoms with Gasteiger partial charge in [-0.25, -0.2) is 23.6 Å². The Morgan fingerprint density at radius 1 is 0.394 bits per heavy atom. The van der Waals surface area contributed by atoms with Gasteiger partial charge < -0.3 is 28.4 Å². The monoisotopic (exact) mass is 993 g/mol. The Kier molecular flexibility index (Phi) is 32.1. The molecule has 0 radical (unpaired) electrons. The number of rotatable bonds is 42. The van der Waals surface area contributed by atoms with E-state index in [1.807, 2.05) is 0 Å². The second-order valence-electron chi connectivity index (χ2n) is 18.0. The number of halogens is 3. The molecule has 0 aliphatic rings. The molecule has 3 aromatic rings. The average molecular weight is 993 g/mol. The molecule has 0 aliphatic carbocycles. The smallest absolute Gasteiger partial charge is 0.343 e. The first-order chi connectivity index (χ1) is 34.6. The van der Waals surface area contributed by atoms with Crippen LogP contribution in [0, 0.1) is 17.5 Å². The lowest BCUT2D eigenvalue weighted by molar-refractivity contribution is -0.138. The van der Waals surface area contributed by atoms with Gasteiger partial charge in [0.15, 0.2) is 11.6 Å². The fourth-order valence-corrected chi connectivity index (χ4v) is 7.90. The van der Waals surface area contributed by atoms with Crippen LogP contribution in [0.4, 0.5) is 13.2 Å². The van der Waals surface area contributed by atoms with Crippen LogP contribution in [0.3, 0.4) is 0 Å². The summed E-state index contributed by atoms with van der Waals surface area (Å²) in [6, 6.07) is 12.3. The SMILES string of the molecule is C=CC(=O)OCCCCCCCCCCCCCCCCOc1ccc(C(=O)Oc2cc(F)c(OC(=O)c3ccc(OCCCCCCCCCCCCCCCCOC(=O)C=C)cc3)c(F)c2F)cc1. The lowest BCUT2D eigenvalue weighted by Gasteiger charge is -2.12. The zero-order valence-electron chi connectivity index (χ0n) is 42.1. The highest BCUT2D eigenvalue weighted by Crippen LogP contribution is 2.32. The van der Waals surface area contributed by atoms with Gasteiger partial charge in [0.2, 0.25) is 17.4 Å². The Morgan fingerprint density at radius 3 is 1.01 bits per heavy atom. The molecule has 13 heteroatoms. The topological polar surface area (TPSA) is 124 Å². The molecule has 0 N–H and O–H groups in total. The van der Waals surface area contributed by atoms with E-state index in [4.69, 9.17) is 28.4 Å². The van der Waals surface area contributed by atoms with Crippen LogP contribution >= 0.6 is 0 Å². The lowest BCUT2D eigenvalue weighted by Crippen LogP contribution is -2.14. The van der Waals surface area contributed by atoms with E-state index in [2.05, 4.69) is 13.2 Å². The van der Waals surface area contributed by atoms with E-state index >= 15 is 8.78 Å². The first kappa shape index (κ1) is 59.7. The first-order valence-electron chi connectivity index (χ1n) is 26.3. The largest absolute Gasteiger partial charge is 0.494 e. The van der Waals surface area contributed by atoms with Crippen LogP contribution in [-0.4, -0.2) is 50.3 Å². The maximum atomic E-state index is 15.0. The summed E-state index contributed by atoms with van der Waals surface area (Å²) in [5.74, 6) is -9.00. The van der Waals surface area contributed by atoms with Crippen molar-refractivity contribution in [3.8, 4) is 23.0 Å². The maximum Gasteiger partial charge on any atom is 0.343 e. The molecule has 0 saturated carbocycles. The van der Waals surface area contributed by atoms with Gasteiger partial charge in [0.1, 0.15) is 11.5 Å². The van der Waals surface area contributed by atoms with Crippen LogP contribution in [0.5, 0.6) is 23.0 Å². The summed E-state index contributed by atoms with van der Waals surface area (Å²) in [6.45, 7) is 8.74. The third-order valence-corrected chi connectivity index (χ3v) is 12.1. The van der Waals surface area contributed by atoms with Crippen LogP contribution in [0.1, 0.15) is 200 Å². The molecule has 3 rings (SSSR count). The van der Waals surface area contributed by atoms with Gasteiger partial charge in [-0.1, -0.05) is 167 Å². The minimum atomic E-state index is -1.82. The van der Waals surface area contributed by atoms with E-state index in [0.717, 1.165) is 64.2 Å². The molecule has 392 valence electrons. The first-order valence-corrected chi connectivity index (χ1v) is 26.3. The molecule has 0 heterocycles. The molecule has 0 unspecified atom stereocenters. The predicted molar refractivity (Wildman–Crippen MR) is 272 cm³/mol. The van der Waals surface area contributed by atoms with Crippen LogP contribution in [0.2, 0.25) is 0 Å². The lowest BCUT2D eigenvalue weighted by atomic mass is 10.0. The van der Waals surface area contributed by atoms with E-state index in [1.54, 1.807) is 24.3 Å². The van der Waals surface area contributed by atoms with Gasteiger partial charge in [0.25, 0.3) is 0 Å². The van der Waals surface area contributed by atoms with Gasteiger partial charge in [0, 0.05) is 18.2 Å². The standard InChI is InChI=1S/C58H79F3O10/c1-3-52(62)68-43-31-27-23-19-15-11-7-5-9-13-17-21-25-29-41-66-48-37-33-46(34-38-48)57(64)70-51-45-50(59)56(55(61)54(51)60)71-58(65)47-35-39-49(40-36-47)67-42-30-26-22-18-14-10-6-8-12-16-20-24-28-32-44-69-53(63)4-2/h3-4,33-40,45H,1-2,5-32,41-44H2.